The van der Waals surface area contributed by atoms with E-state index in [2.05, 4.69) is 4.98 Å². The molecule has 0 aliphatic rings. The summed E-state index contributed by atoms with van der Waals surface area (Å²) >= 11 is 0. The summed E-state index contributed by atoms with van der Waals surface area (Å²) in [5.41, 5.74) is 0.489. The Bertz CT molecular complexity index is 333. The summed E-state index contributed by atoms with van der Waals surface area (Å²) in [6.07, 6.45) is 3.01. The van der Waals surface area contributed by atoms with Gasteiger partial charge in [-0.25, -0.2) is 0 Å². The van der Waals surface area contributed by atoms with Gasteiger partial charge in [-0.1, -0.05) is 0 Å². The van der Waals surface area contributed by atoms with Gasteiger partial charge in [0.15, 0.2) is 5.75 Å². The van der Waals surface area contributed by atoms with Crippen LogP contribution in [0.25, 0.3) is 0 Å². The molecule has 0 bridgehead atoms. The van der Waals surface area contributed by atoms with Crippen LogP contribution in [0.3, 0.4) is 0 Å². The summed E-state index contributed by atoms with van der Waals surface area (Å²) in [4.78, 5) is 3.89. The lowest BCUT2D eigenvalue weighted by molar-refractivity contribution is 0.0916. The van der Waals surface area contributed by atoms with Gasteiger partial charge in [-0.05, 0) is 13.0 Å². The van der Waals surface area contributed by atoms with Crippen LogP contribution < -0.4 is 4.74 Å². The lowest BCUT2D eigenvalue weighted by Gasteiger charge is -2.13. The van der Waals surface area contributed by atoms with E-state index in [0.717, 1.165) is 0 Å². The lowest BCUT2D eigenvalue weighted by atomic mass is 10.3. The van der Waals surface area contributed by atoms with Gasteiger partial charge in [-0.15, -0.1) is 0 Å². The molecule has 0 spiro atoms. The van der Waals surface area contributed by atoms with Crippen LogP contribution in [0.15, 0.2) is 18.5 Å². The van der Waals surface area contributed by atoms with Crippen molar-refractivity contribution in [1.29, 1.82) is 5.26 Å². The molecule has 4 nitrogen and oxygen atoms in total. The number of nitrogens with zero attached hydrogens (tertiary/aromatic N) is 2. The predicted octanol–water partition coefficient (Wildman–Crippen LogP) is 1.37. The van der Waals surface area contributed by atoms with Gasteiger partial charge in [0.2, 0.25) is 0 Å². The van der Waals surface area contributed by atoms with E-state index in [1.165, 1.54) is 6.20 Å². The summed E-state index contributed by atoms with van der Waals surface area (Å²) in [7, 11) is 1.61. The second-order valence-corrected chi connectivity index (χ2v) is 2.87. The summed E-state index contributed by atoms with van der Waals surface area (Å²) in [6.45, 7) is 2.36. The first-order chi connectivity index (χ1) is 6.77. The van der Waals surface area contributed by atoms with Crippen LogP contribution >= 0.6 is 0 Å². The van der Waals surface area contributed by atoms with E-state index in [4.69, 9.17) is 14.7 Å². The largest absolute Gasteiger partial charge is 0.485 e. The highest BCUT2D eigenvalue weighted by Crippen LogP contribution is 2.16. The first-order valence-corrected chi connectivity index (χ1v) is 4.27. The van der Waals surface area contributed by atoms with Gasteiger partial charge in [0.25, 0.3) is 0 Å². The minimum atomic E-state index is -0.0868. The molecule has 0 aliphatic heterocycles. The first kappa shape index (κ1) is 10.5. The molecular formula is C10H12N2O2. The Morgan fingerprint density at radius 3 is 3.07 bits per heavy atom. The van der Waals surface area contributed by atoms with Crippen LogP contribution in [0.1, 0.15) is 12.5 Å². The average molecular weight is 192 g/mol. The zero-order valence-electron chi connectivity index (χ0n) is 8.23. The molecule has 0 N–H and O–H groups in total. The Hall–Kier alpha value is -1.60. The van der Waals surface area contributed by atoms with E-state index in [1.807, 2.05) is 13.0 Å². The molecule has 1 rings (SSSR count). The highest BCUT2D eigenvalue weighted by molar-refractivity contribution is 5.40. The van der Waals surface area contributed by atoms with E-state index in [1.54, 1.807) is 19.4 Å². The molecule has 1 aromatic heterocycles. The number of hydrogen-bond donors (Lipinski definition) is 0. The third kappa shape index (κ3) is 2.71. The van der Waals surface area contributed by atoms with Gasteiger partial charge in [-0.2, -0.15) is 5.26 Å². The maximum absolute atomic E-state index is 8.77. The third-order valence-electron chi connectivity index (χ3n) is 1.63. The highest BCUT2D eigenvalue weighted by Gasteiger charge is 2.07. The molecular weight excluding hydrogens is 180 g/mol. The molecule has 1 unspecified atom stereocenters. The van der Waals surface area contributed by atoms with E-state index in [9.17, 15) is 0 Å². The number of nitriles is 1. The van der Waals surface area contributed by atoms with E-state index in [0.29, 0.717) is 17.9 Å². The van der Waals surface area contributed by atoms with Gasteiger partial charge >= 0.3 is 0 Å². The normalized spacial score (nSPS) is 11.8. The number of pyridine rings is 1. The number of ether oxygens (including phenoxy) is 2. The van der Waals surface area contributed by atoms with Crippen molar-refractivity contribution < 1.29 is 9.47 Å². The average Bonchev–Trinajstić information content (AvgIpc) is 2.19. The van der Waals surface area contributed by atoms with E-state index in [-0.39, 0.29) is 6.10 Å². The summed E-state index contributed by atoms with van der Waals surface area (Å²) < 4.78 is 10.4. The predicted molar refractivity (Wildman–Crippen MR) is 50.9 cm³/mol. The standard InChI is InChI=1S/C10H12N2O2/c1-8(7-13-2)14-10-6-12-4-3-9(10)5-11/h3-4,6,8H,7H2,1-2H3. The minimum absolute atomic E-state index is 0.0868. The van der Waals surface area contributed by atoms with Crippen molar-refractivity contribution in [2.45, 2.75) is 13.0 Å². The Morgan fingerprint density at radius 1 is 1.64 bits per heavy atom. The quantitative estimate of drug-likeness (QED) is 0.722. The number of aromatic nitrogens is 1. The molecule has 0 aliphatic carbocycles. The van der Waals surface area contributed by atoms with Crippen molar-refractivity contribution >= 4 is 0 Å². The lowest BCUT2D eigenvalue weighted by Crippen LogP contribution is -2.18. The number of methoxy groups -OCH3 is 1. The maximum atomic E-state index is 8.77. The van der Waals surface area contributed by atoms with Crippen molar-refractivity contribution in [1.82, 2.24) is 4.98 Å². The number of rotatable bonds is 4. The molecule has 1 aromatic rings. The number of hydrogen-bond acceptors (Lipinski definition) is 4. The van der Waals surface area contributed by atoms with Gasteiger partial charge in [0, 0.05) is 13.3 Å². The SMILES string of the molecule is COCC(C)Oc1cnccc1C#N. The fourth-order valence-corrected chi connectivity index (χ4v) is 1.05. The van der Waals surface area contributed by atoms with Crippen LogP contribution in [-0.4, -0.2) is 24.8 Å². The smallest absolute Gasteiger partial charge is 0.155 e. The van der Waals surface area contributed by atoms with Crippen LogP contribution in [0.5, 0.6) is 5.75 Å². The van der Waals surface area contributed by atoms with E-state index < -0.39 is 0 Å². The zero-order valence-corrected chi connectivity index (χ0v) is 8.23. The molecule has 0 radical (unpaired) electrons. The minimum Gasteiger partial charge on any atom is -0.485 e. The molecule has 74 valence electrons. The summed E-state index contributed by atoms with van der Waals surface area (Å²) in [6, 6.07) is 3.66. The molecule has 0 saturated heterocycles. The molecule has 14 heavy (non-hydrogen) atoms. The molecule has 0 fully saturated rings. The van der Waals surface area contributed by atoms with E-state index >= 15 is 0 Å². The Balaban J connectivity index is 2.71. The fraction of sp³-hybridized carbons (Fsp3) is 0.400. The topological polar surface area (TPSA) is 55.1 Å². The molecule has 0 saturated carbocycles. The Kier molecular flexibility index (Phi) is 3.89. The van der Waals surface area contributed by atoms with Gasteiger partial charge in [-0.3, -0.25) is 4.98 Å². The second-order valence-electron chi connectivity index (χ2n) is 2.87. The van der Waals surface area contributed by atoms with Crippen LogP contribution in [0, 0.1) is 11.3 Å². The fourth-order valence-electron chi connectivity index (χ4n) is 1.05. The van der Waals surface area contributed by atoms with Crippen LogP contribution in [-0.2, 0) is 4.74 Å². The molecule has 1 atom stereocenters. The van der Waals surface area contributed by atoms with Gasteiger partial charge in [0.1, 0.15) is 12.2 Å². The zero-order chi connectivity index (χ0) is 10.4. The monoisotopic (exact) mass is 192 g/mol. The molecule has 0 amide bonds. The second kappa shape index (κ2) is 5.20. The van der Waals surface area contributed by atoms with Crippen molar-refractivity contribution in [3.05, 3.63) is 24.0 Å². The van der Waals surface area contributed by atoms with Crippen molar-refractivity contribution in [2.24, 2.45) is 0 Å². The summed E-state index contributed by atoms with van der Waals surface area (Å²) in [5.74, 6) is 0.500. The van der Waals surface area contributed by atoms with Crippen LogP contribution in [0.2, 0.25) is 0 Å². The molecule has 4 heteroatoms. The Labute approximate surface area is 83.1 Å². The summed E-state index contributed by atoms with van der Waals surface area (Å²) in [5, 5.41) is 8.77. The maximum Gasteiger partial charge on any atom is 0.155 e. The van der Waals surface area contributed by atoms with Crippen molar-refractivity contribution in [3.63, 3.8) is 0 Å². The highest BCUT2D eigenvalue weighted by atomic mass is 16.5. The van der Waals surface area contributed by atoms with Gasteiger partial charge in [0.05, 0.1) is 18.4 Å². The van der Waals surface area contributed by atoms with Crippen LogP contribution in [0.4, 0.5) is 0 Å². The van der Waals surface area contributed by atoms with Crippen molar-refractivity contribution in [2.75, 3.05) is 13.7 Å². The van der Waals surface area contributed by atoms with Crippen molar-refractivity contribution in [3.8, 4) is 11.8 Å². The first-order valence-electron chi connectivity index (χ1n) is 4.27. The molecule has 1 heterocycles. The van der Waals surface area contributed by atoms with Gasteiger partial charge < -0.3 is 9.47 Å². The third-order valence-corrected chi connectivity index (χ3v) is 1.63. The molecule has 0 aromatic carbocycles. The Morgan fingerprint density at radius 2 is 2.43 bits per heavy atom.